The van der Waals surface area contributed by atoms with Crippen LogP contribution in [0.1, 0.15) is 11.1 Å². The summed E-state index contributed by atoms with van der Waals surface area (Å²) in [7, 11) is 0. The first-order valence-electron chi connectivity index (χ1n) is 12.1. The van der Waals surface area contributed by atoms with Crippen LogP contribution in [0.15, 0.2) is 84.9 Å². The fourth-order valence-electron chi connectivity index (χ4n) is 4.12. The normalized spacial score (nSPS) is 13.4. The van der Waals surface area contributed by atoms with Gasteiger partial charge in [-0.15, -0.1) is 10.2 Å². The number of nitrogens with one attached hydrogen (secondary N) is 1. The number of aromatic nitrogens is 2. The third-order valence-corrected chi connectivity index (χ3v) is 6.43. The number of benzene rings is 3. The molecule has 5 rings (SSSR count). The van der Waals surface area contributed by atoms with Crippen molar-refractivity contribution < 1.29 is 9.53 Å². The molecular weight excluding hydrogens is 450 g/mol. The summed E-state index contributed by atoms with van der Waals surface area (Å²) in [5, 5.41) is 11.9. The second-order valence-electron chi connectivity index (χ2n) is 8.92. The molecule has 1 aromatic heterocycles. The van der Waals surface area contributed by atoms with Crippen molar-refractivity contribution in [3.05, 3.63) is 96.1 Å². The summed E-state index contributed by atoms with van der Waals surface area (Å²) < 4.78 is 5.81. The van der Waals surface area contributed by atoms with E-state index < -0.39 is 0 Å². The fraction of sp³-hybridized carbons (Fsp3) is 0.207. The second-order valence-corrected chi connectivity index (χ2v) is 8.92. The smallest absolute Gasteiger partial charge is 0.321 e. The van der Waals surface area contributed by atoms with Crippen LogP contribution in [0.3, 0.4) is 0 Å². The van der Waals surface area contributed by atoms with Crippen LogP contribution in [0.25, 0.3) is 11.3 Å². The average Bonchev–Trinajstić information content (AvgIpc) is 2.92. The molecular formula is C29H29N5O2. The van der Waals surface area contributed by atoms with E-state index in [0.29, 0.717) is 26.2 Å². The highest BCUT2D eigenvalue weighted by atomic mass is 16.5. The van der Waals surface area contributed by atoms with Crippen LogP contribution in [-0.4, -0.2) is 47.3 Å². The molecule has 1 aliphatic rings. The number of amides is 2. The number of anilines is 2. The molecule has 7 heteroatoms. The van der Waals surface area contributed by atoms with Crippen molar-refractivity contribution in [1.82, 2.24) is 15.1 Å². The third-order valence-electron chi connectivity index (χ3n) is 6.43. The van der Waals surface area contributed by atoms with E-state index in [2.05, 4.69) is 52.5 Å². The molecule has 2 amide bonds. The van der Waals surface area contributed by atoms with Crippen molar-refractivity contribution in [2.75, 3.05) is 36.4 Å². The maximum Gasteiger partial charge on any atom is 0.321 e. The summed E-state index contributed by atoms with van der Waals surface area (Å²) in [5.74, 6) is 2.32. The first-order chi connectivity index (χ1) is 17.5. The predicted octanol–water partition coefficient (Wildman–Crippen LogP) is 5.91. The first-order valence-corrected chi connectivity index (χ1v) is 12.1. The molecule has 36 heavy (non-hydrogen) atoms. The summed E-state index contributed by atoms with van der Waals surface area (Å²) in [4.78, 5) is 16.8. The zero-order valence-electron chi connectivity index (χ0n) is 20.5. The van der Waals surface area contributed by atoms with Gasteiger partial charge in [0.05, 0.1) is 5.69 Å². The lowest BCUT2D eigenvalue weighted by Crippen LogP contribution is -2.50. The SMILES string of the molecule is Cc1ccc(-c2ccc(N3CCN(C(=O)Nc4ccc(Oc5ccccc5)cc4)CC3)nn2)cc1C. The van der Waals surface area contributed by atoms with Gasteiger partial charge in [0, 0.05) is 37.4 Å². The molecule has 1 aliphatic heterocycles. The van der Waals surface area contributed by atoms with Gasteiger partial charge in [-0.3, -0.25) is 0 Å². The minimum absolute atomic E-state index is 0.109. The lowest BCUT2D eigenvalue weighted by molar-refractivity contribution is 0.208. The lowest BCUT2D eigenvalue weighted by atomic mass is 10.0. The number of rotatable bonds is 5. The van der Waals surface area contributed by atoms with Crippen molar-refractivity contribution in [3.63, 3.8) is 0 Å². The van der Waals surface area contributed by atoms with Gasteiger partial charge < -0.3 is 19.9 Å². The topological polar surface area (TPSA) is 70.6 Å². The van der Waals surface area contributed by atoms with E-state index in [0.717, 1.165) is 34.3 Å². The van der Waals surface area contributed by atoms with Crippen molar-refractivity contribution >= 4 is 17.5 Å². The molecule has 0 radical (unpaired) electrons. The monoisotopic (exact) mass is 479 g/mol. The zero-order chi connectivity index (χ0) is 24.9. The van der Waals surface area contributed by atoms with Crippen LogP contribution in [0.5, 0.6) is 11.5 Å². The zero-order valence-corrected chi connectivity index (χ0v) is 20.5. The molecule has 0 saturated carbocycles. The molecule has 3 aromatic carbocycles. The van der Waals surface area contributed by atoms with E-state index in [1.165, 1.54) is 11.1 Å². The van der Waals surface area contributed by atoms with E-state index in [9.17, 15) is 4.79 Å². The third kappa shape index (κ3) is 5.46. The number of carbonyl (C=O) groups excluding carboxylic acids is 1. The molecule has 1 N–H and O–H groups in total. The van der Waals surface area contributed by atoms with E-state index in [4.69, 9.17) is 4.74 Å². The molecule has 0 bridgehead atoms. The number of urea groups is 1. The Kier molecular flexibility index (Phi) is 6.80. The summed E-state index contributed by atoms with van der Waals surface area (Å²) in [6, 6.07) is 27.2. The van der Waals surface area contributed by atoms with Gasteiger partial charge in [-0.1, -0.05) is 30.3 Å². The molecule has 1 fully saturated rings. The molecule has 0 spiro atoms. The number of carbonyl (C=O) groups is 1. The maximum absolute atomic E-state index is 12.8. The number of para-hydroxylation sites is 1. The lowest BCUT2D eigenvalue weighted by Gasteiger charge is -2.35. The summed E-state index contributed by atoms with van der Waals surface area (Å²) in [6.07, 6.45) is 0. The van der Waals surface area contributed by atoms with Gasteiger partial charge in [0.25, 0.3) is 0 Å². The van der Waals surface area contributed by atoms with E-state index in [1.54, 1.807) is 0 Å². The highest BCUT2D eigenvalue weighted by Crippen LogP contribution is 2.24. The van der Waals surface area contributed by atoms with Crippen LogP contribution in [0.4, 0.5) is 16.3 Å². The Hall–Kier alpha value is -4.39. The van der Waals surface area contributed by atoms with E-state index in [-0.39, 0.29) is 6.03 Å². The van der Waals surface area contributed by atoms with Crippen LogP contribution >= 0.6 is 0 Å². The van der Waals surface area contributed by atoms with Crippen LogP contribution in [0, 0.1) is 13.8 Å². The Balaban J connectivity index is 1.13. The number of hydrogen-bond donors (Lipinski definition) is 1. The van der Waals surface area contributed by atoms with Crippen LogP contribution in [0.2, 0.25) is 0 Å². The van der Waals surface area contributed by atoms with Crippen molar-refractivity contribution in [2.45, 2.75) is 13.8 Å². The van der Waals surface area contributed by atoms with Crippen molar-refractivity contribution in [2.24, 2.45) is 0 Å². The molecule has 4 aromatic rings. The molecule has 2 heterocycles. The predicted molar refractivity (Wildman–Crippen MR) is 143 cm³/mol. The Morgan fingerprint density at radius 1 is 0.778 bits per heavy atom. The number of piperazine rings is 1. The average molecular weight is 480 g/mol. The molecule has 1 saturated heterocycles. The van der Waals surface area contributed by atoms with Gasteiger partial charge in [-0.2, -0.15) is 0 Å². The number of hydrogen-bond acceptors (Lipinski definition) is 5. The van der Waals surface area contributed by atoms with Gasteiger partial charge in [0.2, 0.25) is 0 Å². The molecule has 7 nitrogen and oxygen atoms in total. The van der Waals surface area contributed by atoms with E-state index >= 15 is 0 Å². The minimum atomic E-state index is -0.109. The van der Waals surface area contributed by atoms with Gasteiger partial charge in [-0.05, 0) is 79.6 Å². The first kappa shape index (κ1) is 23.4. The highest BCUT2D eigenvalue weighted by Gasteiger charge is 2.22. The molecule has 0 aliphatic carbocycles. The summed E-state index contributed by atoms with van der Waals surface area (Å²) in [6.45, 7) is 6.84. The van der Waals surface area contributed by atoms with Gasteiger partial charge >= 0.3 is 6.03 Å². The molecule has 0 unspecified atom stereocenters. The summed E-state index contributed by atoms with van der Waals surface area (Å²) in [5.41, 5.74) is 5.16. The Labute approximate surface area is 211 Å². The Morgan fingerprint density at radius 3 is 2.17 bits per heavy atom. The van der Waals surface area contributed by atoms with Crippen molar-refractivity contribution in [1.29, 1.82) is 0 Å². The largest absolute Gasteiger partial charge is 0.457 e. The quantitative estimate of drug-likeness (QED) is 0.386. The van der Waals surface area contributed by atoms with Gasteiger partial charge in [0.15, 0.2) is 5.82 Å². The number of ether oxygens (including phenoxy) is 1. The van der Waals surface area contributed by atoms with Crippen LogP contribution in [-0.2, 0) is 0 Å². The van der Waals surface area contributed by atoms with Gasteiger partial charge in [0.1, 0.15) is 11.5 Å². The van der Waals surface area contributed by atoms with Crippen molar-refractivity contribution in [3.8, 4) is 22.8 Å². The number of aryl methyl sites for hydroxylation is 2. The second kappa shape index (κ2) is 10.5. The molecule has 182 valence electrons. The van der Waals surface area contributed by atoms with E-state index in [1.807, 2.05) is 71.6 Å². The fourth-order valence-corrected chi connectivity index (χ4v) is 4.12. The minimum Gasteiger partial charge on any atom is -0.457 e. The number of nitrogens with zero attached hydrogens (tertiary/aromatic N) is 4. The summed E-state index contributed by atoms with van der Waals surface area (Å²) >= 11 is 0. The Morgan fingerprint density at radius 2 is 1.50 bits per heavy atom. The maximum atomic E-state index is 12.8. The standard InChI is InChI=1S/C29H29N5O2/c1-21-8-9-23(20-22(21)2)27-14-15-28(32-31-27)33-16-18-34(19-17-33)29(35)30-24-10-12-26(13-11-24)36-25-6-4-3-5-7-25/h3-15,20H,16-19H2,1-2H3,(H,30,35). The van der Waals surface area contributed by atoms with Crippen LogP contribution < -0.4 is 15.0 Å². The highest BCUT2D eigenvalue weighted by molar-refractivity contribution is 5.89. The Bertz CT molecular complexity index is 1320. The molecule has 0 atom stereocenters. The van der Waals surface area contributed by atoms with Gasteiger partial charge in [-0.25, -0.2) is 4.79 Å².